The second kappa shape index (κ2) is 13.7. The lowest BCUT2D eigenvalue weighted by molar-refractivity contribution is 0.669. The van der Waals surface area contributed by atoms with Crippen molar-refractivity contribution < 1.29 is 11.3 Å². The fourth-order valence-electron chi connectivity index (χ4n) is 10.1. The van der Waals surface area contributed by atoms with Crippen LogP contribution in [-0.4, -0.2) is 4.57 Å². The van der Waals surface area contributed by atoms with Gasteiger partial charge in [0.05, 0.1) is 17.9 Å². The van der Waals surface area contributed by atoms with Crippen LogP contribution in [0.2, 0.25) is 0 Å². The zero-order chi connectivity index (χ0) is 45.1. The minimum atomic E-state index is -0.409. The summed E-state index contributed by atoms with van der Waals surface area (Å²) in [6.45, 7) is 0. The summed E-state index contributed by atoms with van der Waals surface area (Å²) >= 11 is 0. The third kappa shape index (κ3) is 5.11. The van der Waals surface area contributed by atoms with E-state index < -0.39 is 6.04 Å². The number of benzene rings is 11. The molecule has 0 amide bonds. The van der Waals surface area contributed by atoms with Crippen LogP contribution in [0.3, 0.4) is 0 Å². The van der Waals surface area contributed by atoms with E-state index in [9.17, 15) is 0 Å². The van der Waals surface area contributed by atoms with E-state index in [-0.39, 0.29) is 29.7 Å². The van der Waals surface area contributed by atoms with Crippen molar-refractivity contribution in [3.05, 3.63) is 224 Å². The molecule has 62 heavy (non-hydrogen) atoms. The summed E-state index contributed by atoms with van der Waals surface area (Å²) in [6.07, 6.45) is 0. The van der Waals surface area contributed by atoms with Crippen molar-refractivity contribution in [1.29, 1.82) is 0 Å². The molecule has 0 atom stereocenters. The molecule has 0 bridgehead atoms. The molecule has 13 rings (SSSR count). The first-order valence-electron chi connectivity index (χ1n) is 23.4. The van der Waals surface area contributed by atoms with Crippen molar-refractivity contribution in [2.75, 3.05) is 0 Å². The first kappa shape index (κ1) is 29.9. The summed E-state index contributed by atoms with van der Waals surface area (Å²) in [5.41, 5.74) is 12.2. The second-order valence-corrected chi connectivity index (χ2v) is 15.9. The number of hydrogen-bond acceptors (Lipinski definition) is 1. The zero-order valence-corrected chi connectivity index (χ0v) is 33.3. The van der Waals surface area contributed by atoms with Gasteiger partial charge in [-0.05, 0) is 108 Å². The highest BCUT2D eigenvalue weighted by Gasteiger charge is 2.23. The molecule has 2 heteroatoms. The van der Waals surface area contributed by atoms with Gasteiger partial charge < -0.3 is 8.98 Å². The molecule has 2 nitrogen and oxygen atoms in total. The largest absolute Gasteiger partial charge is 0.456 e. The highest BCUT2D eigenvalue weighted by molar-refractivity contribution is 6.25. The predicted octanol–water partition coefficient (Wildman–Crippen LogP) is 16.8. The van der Waals surface area contributed by atoms with E-state index >= 15 is 0 Å². The molecule has 0 radical (unpaired) electrons. The Balaban J connectivity index is 1.11. The molecular weight excluding hydrogens is 751 g/mol. The first-order valence-corrected chi connectivity index (χ1v) is 20.9. The second-order valence-electron chi connectivity index (χ2n) is 15.9. The molecule has 0 saturated heterocycles. The topological polar surface area (TPSA) is 18.1 Å². The molecule has 11 aromatic carbocycles. The molecule has 0 spiro atoms. The van der Waals surface area contributed by atoms with Gasteiger partial charge in [0.15, 0.2) is 0 Å². The van der Waals surface area contributed by atoms with Gasteiger partial charge in [-0.1, -0.05) is 188 Å². The normalized spacial score (nSPS) is 13.0. The molecule has 288 valence electrons. The summed E-state index contributed by atoms with van der Waals surface area (Å²) in [6, 6.07) is 66.2. The van der Waals surface area contributed by atoms with Gasteiger partial charge in [-0.25, -0.2) is 0 Å². The van der Waals surface area contributed by atoms with Gasteiger partial charge in [0.2, 0.25) is 0 Å². The lowest BCUT2D eigenvalue weighted by atomic mass is 9.83. The smallest absolute Gasteiger partial charge is 0.136 e. The fraction of sp³-hybridized carbons (Fsp3) is 0. The molecule has 0 unspecified atom stereocenters. The van der Waals surface area contributed by atoms with Crippen LogP contribution in [0.1, 0.15) is 6.85 Å². The maximum absolute atomic E-state index is 9.06. The van der Waals surface area contributed by atoms with E-state index in [1.54, 1.807) is 0 Å². The Morgan fingerprint density at radius 3 is 1.61 bits per heavy atom. The van der Waals surface area contributed by atoms with Crippen molar-refractivity contribution >= 4 is 76.1 Å². The third-order valence-corrected chi connectivity index (χ3v) is 12.7. The summed E-state index contributed by atoms with van der Waals surface area (Å²) < 4.78 is 52.7. The number of aromatic nitrogens is 1. The lowest BCUT2D eigenvalue weighted by Gasteiger charge is -2.20. The third-order valence-electron chi connectivity index (χ3n) is 12.7. The molecule has 13 aromatic rings. The predicted molar refractivity (Wildman–Crippen MR) is 262 cm³/mol. The van der Waals surface area contributed by atoms with Crippen LogP contribution in [0.25, 0.3) is 126 Å². The number of hydrogen-bond donors (Lipinski definition) is 0. The minimum Gasteiger partial charge on any atom is -0.456 e. The van der Waals surface area contributed by atoms with Gasteiger partial charge in [0.25, 0.3) is 0 Å². The van der Waals surface area contributed by atoms with E-state index in [4.69, 9.17) is 11.3 Å². The van der Waals surface area contributed by atoms with Gasteiger partial charge in [-0.3, -0.25) is 0 Å². The Morgan fingerprint density at radius 2 is 0.903 bits per heavy atom. The van der Waals surface area contributed by atoms with Crippen LogP contribution >= 0.6 is 0 Å². The average Bonchev–Trinajstić information content (AvgIpc) is 3.92. The zero-order valence-electron chi connectivity index (χ0n) is 38.3. The number of nitrogens with zero attached hydrogens (tertiary/aromatic N) is 1. The Hall–Kier alpha value is -8.20. The fourth-order valence-corrected chi connectivity index (χ4v) is 10.1. The van der Waals surface area contributed by atoms with Gasteiger partial charge in [0.1, 0.15) is 11.2 Å². The Bertz CT molecular complexity index is 4140. The van der Waals surface area contributed by atoms with Gasteiger partial charge >= 0.3 is 0 Å². The maximum atomic E-state index is 9.06. The van der Waals surface area contributed by atoms with E-state index in [0.29, 0.717) is 5.56 Å². The number of fused-ring (bicyclic) bond motifs is 9. The van der Waals surface area contributed by atoms with E-state index in [1.807, 2.05) is 48.5 Å². The SMILES string of the molecule is [2H]c1c([2H])c([2H])c(-c2c3ccccc3c(-c3cccc4c(-c5c(-c6ccc7c8ccccc8n(-c8ccccc8)c7c6)ccc6oc7ccccc7c56)cccc34)c3ccccc23)c([2H])c1[2H]. The number of para-hydroxylation sites is 3. The Morgan fingerprint density at radius 1 is 0.339 bits per heavy atom. The van der Waals surface area contributed by atoms with Crippen molar-refractivity contribution in [3.8, 4) is 50.2 Å². The molecule has 0 aliphatic carbocycles. The molecule has 2 aromatic heterocycles. The summed E-state index contributed by atoms with van der Waals surface area (Å²) in [5.74, 6) is 0. The minimum absolute atomic E-state index is 0.195. The summed E-state index contributed by atoms with van der Waals surface area (Å²) in [4.78, 5) is 0. The van der Waals surface area contributed by atoms with Crippen LogP contribution in [0, 0.1) is 0 Å². The molecule has 0 fully saturated rings. The van der Waals surface area contributed by atoms with Crippen LogP contribution < -0.4 is 0 Å². The van der Waals surface area contributed by atoms with Gasteiger partial charge in [0, 0.05) is 32.8 Å². The quantitative estimate of drug-likeness (QED) is 0.159. The monoisotopic (exact) mass is 792 g/mol. The highest BCUT2D eigenvalue weighted by atomic mass is 16.3. The Labute approximate surface area is 365 Å². The number of rotatable bonds is 5. The number of furan rings is 1. The van der Waals surface area contributed by atoms with E-state index in [0.717, 1.165) is 104 Å². The highest BCUT2D eigenvalue weighted by Crippen LogP contribution is 2.49. The maximum Gasteiger partial charge on any atom is 0.136 e. The van der Waals surface area contributed by atoms with Crippen LogP contribution in [-0.2, 0) is 0 Å². The van der Waals surface area contributed by atoms with E-state index in [1.165, 1.54) is 10.8 Å². The first-order chi connectivity index (χ1) is 32.9. The summed E-state index contributed by atoms with van der Waals surface area (Å²) in [7, 11) is 0. The Kier molecular flexibility index (Phi) is 6.60. The summed E-state index contributed by atoms with van der Waals surface area (Å²) in [5, 5.41) is 10.1. The molecule has 0 aliphatic rings. The molecular formula is C60H37NO. The van der Waals surface area contributed by atoms with Crippen molar-refractivity contribution in [2.45, 2.75) is 0 Å². The molecule has 0 aliphatic heterocycles. The van der Waals surface area contributed by atoms with Crippen LogP contribution in [0.5, 0.6) is 0 Å². The van der Waals surface area contributed by atoms with E-state index in [2.05, 4.69) is 150 Å². The van der Waals surface area contributed by atoms with Gasteiger partial charge in [-0.2, -0.15) is 0 Å². The lowest BCUT2D eigenvalue weighted by Crippen LogP contribution is -1.94. The standard InChI is InChI=1S/C60H37NO/c1-3-17-38(18-4-1)57-48-22-7-9-24-50(48)58(51-25-10-8-23-49(51)57)46-29-15-28-43-42(46)27-16-30-47(43)59-41(35-36-56-60(59)52-26-12-14-32-55(52)62-56)39-33-34-45-44-21-11-13-31-53(44)61(54(45)37-39)40-19-5-2-6-20-40/h1-37H/i1D,3D,4D,17D,18D. The van der Waals surface area contributed by atoms with Gasteiger partial charge in [-0.15, -0.1) is 0 Å². The van der Waals surface area contributed by atoms with Crippen molar-refractivity contribution in [1.82, 2.24) is 4.57 Å². The van der Waals surface area contributed by atoms with Crippen molar-refractivity contribution in [3.63, 3.8) is 0 Å². The van der Waals surface area contributed by atoms with Crippen LogP contribution in [0.4, 0.5) is 0 Å². The van der Waals surface area contributed by atoms with Crippen LogP contribution in [0.15, 0.2) is 229 Å². The molecule has 0 saturated carbocycles. The molecule has 0 N–H and O–H groups in total. The van der Waals surface area contributed by atoms with Crippen molar-refractivity contribution in [2.24, 2.45) is 0 Å². The average molecular weight is 793 g/mol. The molecule has 2 heterocycles.